The van der Waals surface area contributed by atoms with Crippen molar-refractivity contribution in [1.82, 2.24) is 20.4 Å². The largest absolute Gasteiger partial charge is 0.338 e. The first kappa shape index (κ1) is 16.7. The van der Waals surface area contributed by atoms with Crippen molar-refractivity contribution in [2.75, 3.05) is 26.7 Å². The highest BCUT2D eigenvalue weighted by Crippen LogP contribution is 2.44. The second-order valence-corrected chi connectivity index (χ2v) is 7.31. The van der Waals surface area contributed by atoms with Crippen molar-refractivity contribution in [2.24, 2.45) is 0 Å². The van der Waals surface area contributed by atoms with Crippen LogP contribution in [0.1, 0.15) is 55.4 Å². The van der Waals surface area contributed by atoms with Crippen LogP contribution < -0.4 is 5.32 Å². The number of rotatable bonds is 3. The predicted molar refractivity (Wildman–Crippen MR) is 92.8 cm³/mol. The maximum Gasteiger partial charge on any atom is 0.237 e. The van der Waals surface area contributed by atoms with Crippen LogP contribution in [0.15, 0.2) is 28.8 Å². The maximum absolute atomic E-state index is 13.9. The van der Waals surface area contributed by atoms with Gasteiger partial charge in [-0.05, 0) is 37.6 Å². The highest BCUT2D eigenvalue weighted by Gasteiger charge is 2.42. The zero-order valence-corrected chi connectivity index (χ0v) is 14.7. The van der Waals surface area contributed by atoms with Gasteiger partial charge in [0.25, 0.3) is 0 Å². The second-order valence-electron chi connectivity index (χ2n) is 7.31. The minimum Gasteiger partial charge on any atom is -0.338 e. The third kappa shape index (κ3) is 3.09. The molecule has 5 nitrogen and oxygen atoms in total. The fourth-order valence-corrected chi connectivity index (χ4v) is 4.23. The van der Waals surface area contributed by atoms with Crippen LogP contribution in [0.25, 0.3) is 0 Å². The van der Waals surface area contributed by atoms with Gasteiger partial charge in [0.2, 0.25) is 5.89 Å². The van der Waals surface area contributed by atoms with Crippen molar-refractivity contribution in [3.05, 3.63) is 47.4 Å². The summed E-state index contributed by atoms with van der Waals surface area (Å²) in [7, 11) is 2.09. The highest BCUT2D eigenvalue weighted by atomic mass is 19.1. The van der Waals surface area contributed by atoms with Crippen molar-refractivity contribution in [2.45, 2.75) is 43.6 Å². The van der Waals surface area contributed by atoms with Gasteiger partial charge >= 0.3 is 0 Å². The Hall–Kier alpha value is -1.79. The van der Waals surface area contributed by atoms with Crippen molar-refractivity contribution >= 4 is 0 Å². The molecule has 1 aromatic carbocycles. The molecule has 2 heterocycles. The van der Waals surface area contributed by atoms with Crippen molar-refractivity contribution in [3.8, 4) is 0 Å². The number of hydrogen-bond donors (Lipinski definition) is 1. The molecule has 25 heavy (non-hydrogen) atoms. The Labute approximate surface area is 147 Å². The summed E-state index contributed by atoms with van der Waals surface area (Å²) in [6.45, 7) is 2.76. The van der Waals surface area contributed by atoms with Gasteiger partial charge in [0, 0.05) is 19.6 Å². The molecule has 1 aromatic heterocycles. The Balaban J connectivity index is 1.71. The predicted octanol–water partition coefficient (Wildman–Crippen LogP) is 3.04. The monoisotopic (exact) mass is 344 g/mol. The zero-order valence-electron chi connectivity index (χ0n) is 14.7. The lowest BCUT2D eigenvalue weighted by Gasteiger charge is -2.34. The third-order valence-corrected chi connectivity index (χ3v) is 5.74. The van der Waals surface area contributed by atoms with E-state index in [4.69, 9.17) is 9.51 Å². The van der Waals surface area contributed by atoms with E-state index in [1.165, 1.54) is 12.5 Å². The van der Waals surface area contributed by atoms with E-state index >= 15 is 0 Å². The summed E-state index contributed by atoms with van der Waals surface area (Å²) in [6, 6.07) is 7.01. The average Bonchev–Trinajstić information content (AvgIpc) is 3.13. The van der Waals surface area contributed by atoms with E-state index in [1.54, 1.807) is 12.1 Å². The summed E-state index contributed by atoms with van der Waals surface area (Å²) in [5.74, 6) is 1.16. The number of likely N-dealkylation sites (N-methyl/N-ethyl adjacent to an activating group) is 1. The lowest BCUT2D eigenvalue weighted by atomic mass is 9.69. The quantitative estimate of drug-likeness (QED) is 0.927. The number of hydrogen-bond acceptors (Lipinski definition) is 5. The normalized spacial score (nSPS) is 24.3. The van der Waals surface area contributed by atoms with Crippen LogP contribution in [0, 0.1) is 5.82 Å². The molecule has 0 bridgehead atoms. The minimum absolute atomic E-state index is 0.124. The molecule has 2 fully saturated rings. The van der Waals surface area contributed by atoms with Gasteiger partial charge in [-0.25, -0.2) is 4.39 Å². The van der Waals surface area contributed by atoms with Gasteiger partial charge in [0.1, 0.15) is 5.82 Å². The molecule has 1 aliphatic carbocycles. The summed E-state index contributed by atoms with van der Waals surface area (Å²) in [5.41, 5.74) is 0.601. The number of nitrogens with one attached hydrogen (secondary N) is 1. The molecule has 0 amide bonds. The molecule has 2 aliphatic rings. The molecule has 6 heteroatoms. The molecule has 134 valence electrons. The third-order valence-electron chi connectivity index (χ3n) is 5.74. The van der Waals surface area contributed by atoms with Gasteiger partial charge in [-0.2, -0.15) is 4.98 Å². The smallest absolute Gasteiger partial charge is 0.237 e. The van der Waals surface area contributed by atoms with Crippen LogP contribution in [0.3, 0.4) is 0 Å². The number of aromatic nitrogens is 2. The van der Waals surface area contributed by atoms with Gasteiger partial charge < -0.3 is 9.84 Å². The van der Waals surface area contributed by atoms with Crippen molar-refractivity contribution in [1.29, 1.82) is 0 Å². The molecular formula is C19H25FN4O. The lowest BCUT2D eigenvalue weighted by Crippen LogP contribution is -2.44. The van der Waals surface area contributed by atoms with Crippen molar-refractivity contribution < 1.29 is 8.91 Å². The van der Waals surface area contributed by atoms with E-state index in [9.17, 15) is 4.39 Å². The Morgan fingerprint density at radius 3 is 2.88 bits per heavy atom. The summed E-state index contributed by atoms with van der Waals surface area (Å²) in [5, 5.41) is 7.69. The molecule has 0 radical (unpaired) electrons. The Morgan fingerprint density at radius 1 is 1.28 bits per heavy atom. The van der Waals surface area contributed by atoms with Gasteiger partial charge in [-0.15, -0.1) is 0 Å². The summed E-state index contributed by atoms with van der Waals surface area (Å²) < 4.78 is 19.6. The van der Waals surface area contributed by atoms with Crippen LogP contribution in [0.4, 0.5) is 4.39 Å². The molecule has 1 atom stereocenters. The Bertz CT molecular complexity index is 726. The molecule has 4 rings (SSSR count). The van der Waals surface area contributed by atoms with Gasteiger partial charge in [-0.1, -0.05) is 36.6 Å². The summed E-state index contributed by atoms with van der Waals surface area (Å²) in [6.07, 6.45) is 5.25. The van der Waals surface area contributed by atoms with E-state index in [-0.39, 0.29) is 17.3 Å². The van der Waals surface area contributed by atoms with Gasteiger partial charge in [-0.3, -0.25) is 4.90 Å². The molecule has 1 saturated heterocycles. The summed E-state index contributed by atoms with van der Waals surface area (Å²) >= 11 is 0. The molecule has 1 N–H and O–H groups in total. The molecular weight excluding hydrogens is 319 g/mol. The van der Waals surface area contributed by atoms with E-state index in [0.29, 0.717) is 5.89 Å². The van der Waals surface area contributed by atoms with Crippen LogP contribution in [0.2, 0.25) is 0 Å². The lowest BCUT2D eigenvalue weighted by molar-refractivity contribution is 0.189. The average molecular weight is 344 g/mol. The van der Waals surface area contributed by atoms with E-state index < -0.39 is 0 Å². The first-order valence-electron chi connectivity index (χ1n) is 9.20. The summed E-state index contributed by atoms with van der Waals surface area (Å²) in [4.78, 5) is 7.06. The maximum atomic E-state index is 13.9. The topological polar surface area (TPSA) is 54.2 Å². The van der Waals surface area contributed by atoms with E-state index in [0.717, 1.165) is 56.7 Å². The number of piperazine rings is 1. The SMILES string of the molecule is CN1CCNCC1c1noc(C2(c3cccc(F)c3)CCCCC2)n1. The van der Waals surface area contributed by atoms with Gasteiger partial charge in [0.05, 0.1) is 11.5 Å². The molecule has 2 aromatic rings. The van der Waals surface area contributed by atoms with Gasteiger partial charge in [0.15, 0.2) is 5.82 Å². The standard InChI is InChI=1S/C19H25FN4O/c1-24-11-10-21-13-16(24)17-22-18(25-23-17)19(8-3-2-4-9-19)14-6-5-7-15(20)12-14/h5-7,12,16,21H,2-4,8-11,13H2,1H3. The fraction of sp³-hybridized carbons (Fsp3) is 0.579. The van der Waals surface area contributed by atoms with Crippen LogP contribution in [0.5, 0.6) is 0 Å². The first-order chi connectivity index (χ1) is 12.2. The number of halogens is 1. The molecule has 1 saturated carbocycles. The zero-order chi connectivity index (χ0) is 17.3. The Kier molecular flexibility index (Phi) is 4.56. The highest BCUT2D eigenvalue weighted by molar-refractivity contribution is 5.33. The first-order valence-corrected chi connectivity index (χ1v) is 9.20. The molecule has 1 unspecified atom stereocenters. The fourth-order valence-electron chi connectivity index (χ4n) is 4.23. The van der Waals surface area contributed by atoms with Crippen molar-refractivity contribution in [3.63, 3.8) is 0 Å². The van der Waals surface area contributed by atoms with Crippen LogP contribution in [-0.2, 0) is 5.41 Å². The van der Waals surface area contributed by atoms with Crippen LogP contribution in [-0.4, -0.2) is 41.7 Å². The number of nitrogens with zero attached hydrogens (tertiary/aromatic N) is 3. The van der Waals surface area contributed by atoms with E-state index in [1.807, 2.05) is 6.07 Å². The van der Waals surface area contributed by atoms with Crippen LogP contribution >= 0.6 is 0 Å². The molecule has 0 spiro atoms. The second kappa shape index (κ2) is 6.84. The number of benzene rings is 1. The minimum atomic E-state index is -0.355. The Morgan fingerprint density at radius 2 is 2.12 bits per heavy atom. The molecule has 1 aliphatic heterocycles. The van der Waals surface area contributed by atoms with E-state index in [2.05, 4.69) is 22.4 Å².